The van der Waals surface area contributed by atoms with Gasteiger partial charge in [-0.25, -0.2) is 4.98 Å². The molecule has 0 bridgehead atoms. The van der Waals surface area contributed by atoms with Crippen LogP contribution in [0.25, 0.3) is 22.4 Å². The first-order valence-corrected chi connectivity index (χ1v) is 10.3. The van der Waals surface area contributed by atoms with Crippen LogP contribution in [0.5, 0.6) is 0 Å². The number of hydrogen-bond acceptors (Lipinski definition) is 3. The van der Waals surface area contributed by atoms with Gasteiger partial charge in [-0.15, -0.1) is 0 Å². The zero-order valence-electron chi connectivity index (χ0n) is 16.5. The van der Waals surface area contributed by atoms with E-state index in [0.29, 0.717) is 5.56 Å². The molecule has 0 atom stereocenters. The molecule has 1 aliphatic rings. The Labute approximate surface area is 166 Å². The molecule has 0 spiro atoms. The van der Waals surface area contributed by atoms with E-state index in [0.717, 1.165) is 36.4 Å². The lowest BCUT2D eigenvalue weighted by Gasteiger charge is -2.26. The Morgan fingerprint density at radius 2 is 1.75 bits per heavy atom. The second kappa shape index (κ2) is 8.57. The number of likely N-dealkylation sites (tertiary alicyclic amines) is 1. The Morgan fingerprint density at radius 1 is 1.00 bits per heavy atom. The number of rotatable bonds is 6. The Hall–Kier alpha value is -2.66. The van der Waals surface area contributed by atoms with Gasteiger partial charge in [0, 0.05) is 24.7 Å². The molecule has 1 saturated heterocycles. The standard InChI is InChI=1S/C23H28N4O/c1-24-23(28)19-12-10-18(11-13-19)22-25-20-8-3-4-9-21(20)27(22)17-7-16-26-14-5-2-6-15-26/h3-4,8-13H,2,5-7,14-17H2,1H3,(H,24,28). The van der Waals surface area contributed by atoms with Crippen LogP contribution in [0.2, 0.25) is 0 Å². The highest BCUT2D eigenvalue weighted by atomic mass is 16.1. The largest absolute Gasteiger partial charge is 0.355 e. The van der Waals surface area contributed by atoms with E-state index in [1.54, 1.807) is 7.05 Å². The number of amides is 1. The smallest absolute Gasteiger partial charge is 0.251 e. The van der Waals surface area contributed by atoms with Gasteiger partial charge < -0.3 is 14.8 Å². The average Bonchev–Trinajstić information content (AvgIpc) is 3.13. The maximum Gasteiger partial charge on any atom is 0.251 e. The third-order valence-electron chi connectivity index (χ3n) is 5.59. The van der Waals surface area contributed by atoms with Gasteiger partial charge >= 0.3 is 0 Å². The van der Waals surface area contributed by atoms with Crippen LogP contribution in [0.4, 0.5) is 0 Å². The van der Waals surface area contributed by atoms with Crippen molar-refractivity contribution in [3.8, 4) is 11.4 Å². The average molecular weight is 377 g/mol. The van der Waals surface area contributed by atoms with Crippen LogP contribution in [0, 0.1) is 0 Å². The molecule has 0 saturated carbocycles. The number of aromatic nitrogens is 2. The van der Waals surface area contributed by atoms with Crippen molar-refractivity contribution in [2.45, 2.75) is 32.2 Å². The molecule has 0 radical (unpaired) electrons. The van der Waals surface area contributed by atoms with Gasteiger partial charge in [0.1, 0.15) is 5.82 Å². The first kappa shape index (κ1) is 18.7. The van der Waals surface area contributed by atoms with E-state index in [1.807, 2.05) is 30.3 Å². The number of fused-ring (bicyclic) bond motifs is 1. The van der Waals surface area contributed by atoms with Crippen LogP contribution in [-0.4, -0.2) is 47.0 Å². The molecule has 1 aromatic heterocycles. The Morgan fingerprint density at radius 3 is 2.50 bits per heavy atom. The summed E-state index contributed by atoms with van der Waals surface area (Å²) >= 11 is 0. The summed E-state index contributed by atoms with van der Waals surface area (Å²) < 4.78 is 2.33. The maximum absolute atomic E-state index is 11.8. The van der Waals surface area contributed by atoms with Crippen molar-refractivity contribution in [2.75, 3.05) is 26.7 Å². The zero-order chi connectivity index (χ0) is 19.3. The van der Waals surface area contributed by atoms with E-state index < -0.39 is 0 Å². The third kappa shape index (κ3) is 3.94. The molecule has 1 N–H and O–H groups in total. The van der Waals surface area contributed by atoms with E-state index >= 15 is 0 Å². The molecular weight excluding hydrogens is 348 g/mol. The van der Waals surface area contributed by atoms with Crippen LogP contribution in [-0.2, 0) is 6.54 Å². The summed E-state index contributed by atoms with van der Waals surface area (Å²) in [5.74, 6) is 0.907. The lowest BCUT2D eigenvalue weighted by atomic mass is 10.1. The molecule has 1 aliphatic heterocycles. The van der Waals surface area contributed by atoms with Gasteiger partial charge in [-0.2, -0.15) is 0 Å². The SMILES string of the molecule is CNC(=O)c1ccc(-c2nc3ccccc3n2CCCN2CCCCC2)cc1. The fourth-order valence-corrected chi connectivity index (χ4v) is 4.07. The van der Waals surface area contributed by atoms with Crippen LogP contribution < -0.4 is 5.32 Å². The van der Waals surface area contributed by atoms with Crippen LogP contribution >= 0.6 is 0 Å². The van der Waals surface area contributed by atoms with Gasteiger partial charge in [-0.3, -0.25) is 4.79 Å². The number of nitrogens with zero attached hydrogens (tertiary/aromatic N) is 3. The fraction of sp³-hybridized carbons (Fsp3) is 0.391. The predicted octanol–water partition coefficient (Wildman–Crippen LogP) is 3.94. The Kier molecular flexibility index (Phi) is 5.72. The van der Waals surface area contributed by atoms with Crippen LogP contribution in [0.15, 0.2) is 48.5 Å². The van der Waals surface area contributed by atoms with Crippen molar-refractivity contribution in [3.63, 3.8) is 0 Å². The molecule has 2 heterocycles. The zero-order valence-corrected chi connectivity index (χ0v) is 16.5. The quantitative estimate of drug-likeness (QED) is 0.709. The van der Waals surface area contributed by atoms with Gasteiger partial charge in [-0.05, 0) is 63.2 Å². The minimum Gasteiger partial charge on any atom is -0.355 e. The summed E-state index contributed by atoms with van der Waals surface area (Å²) in [4.78, 5) is 19.3. The number of aryl methyl sites for hydroxylation is 1. The number of benzene rings is 2. The second-order valence-electron chi connectivity index (χ2n) is 7.49. The van der Waals surface area contributed by atoms with Crippen molar-refractivity contribution in [1.82, 2.24) is 19.8 Å². The van der Waals surface area contributed by atoms with Gasteiger partial charge in [-0.1, -0.05) is 30.7 Å². The minimum absolute atomic E-state index is 0.0680. The summed E-state index contributed by atoms with van der Waals surface area (Å²) in [6, 6.07) is 16.0. The van der Waals surface area contributed by atoms with Crippen molar-refractivity contribution < 1.29 is 4.79 Å². The van der Waals surface area contributed by atoms with Gasteiger partial charge in [0.25, 0.3) is 5.91 Å². The van der Waals surface area contributed by atoms with E-state index in [2.05, 4.69) is 33.0 Å². The normalized spacial score (nSPS) is 15.0. The highest BCUT2D eigenvalue weighted by Gasteiger charge is 2.14. The molecule has 5 nitrogen and oxygen atoms in total. The van der Waals surface area contributed by atoms with Gasteiger partial charge in [0.05, 0.1) is 11.0 Å². The number of hydrogen-bond donors (Lipinski definition) is 1. The molecule has 1 amide bonds. The van der Waals surface area contributed by atoms with Crippen molar-refractivity contribution in [3.05, 3.63) is 54.1 Å². The van der Waals surface area contributed by atoms with E-state index in [1.165, 1.54) is 37.9 Å². The van der Waals surface area contributed by atoms with E-state index in [9.17, 15) is 4.79 Å². The fourth-order valence-electron chi connectivity index (χ4n) is 4.07. The summed E-state index contributed by atoms with van der Waals surface area (Å²) in [6.07, 6.45) is 5.15. The molecule has 0 aliphatic carbocycles. The van der Waals surface area contributed by atoms with Gasteiger partial charge in [0.2, 0.25) is 0 Å². The number of carbonyl (C=O) groups is 1. The summed E-state index contributed by atoms with van der Waals surface area (Å²) in [7, 11) is 1.65. The Balaban J connectivity index is 1.58. The number of para-hydroxylation sites is 2. The second-order valence-corrected chi connectivity index (χ2v) is 7.49. The van der Waals surface area contributed by atoms with Crippen LogP contribution in [0.3, 0.4) is 0 Å². The lowest BCUT2D eigenvalue weighted by Crippen LogP contribution is -2.31. The lowest BCUT2D eigenvalue weighted by molar-refractivity contribution is 0.0963. The number of imidazole rings is 1. The minimum atomic E-state index is -0.0680. The molecule has 4 rings (SSSR count). The monoisotopic (exact) mass is 376 g/mol. The topological polar surface area (TPSA) is 50.2 Å². The highest BCUT2D eigenvalue weighted by Crippen LogP contribution is 2.25. The van der Waals surface area contributed by atoms with Crippen molar-refractivity contribution >= 4 is 16.9 Å². The number of carbonyl (C=O) groups excluding carboxylic acids is 1. The first-order valence-electron chi connectivity index (χ1n) is 10.3. The number of piperidine rings is 1. The van der Waals surface area contributed by atoms with Gasteiger partial charge in [0.15, 0.2) is 0 Å². The molecule has 3 aromatic rings. The molecule has 0 unspecified atom stereocenters. The molecule has 5 heteroatoms. The number of nitrogens with one attached hydrogen (secondary N) is 1. The molecule has 146 valence electrons. The van der Waals surface area contributed by atoms with E-state index in [4.69, 9.17) is 4.98 Å². The highest BCUT2D eigenvalue weighted by molar-refractivity contribution is 5.94. The summed E-state index contributed by atoms with van der Waals surface area (Å²) in [5, 5.41) is 2.67. The maximum atomic E-state index is 11.8. The van der Waals surface area contributed by atoms with Crippen LogP contribution in [0.1, 0.15) is 36.0 Å². The predicted molar refractivity (Wildman–Crippen MR) is 113 cm³/mol. The van der Waals surface area contributed by atoms with Crippen molar-refractivity contribution in [2.24, 2.45) is 0 Å². The molecule has 28 heavy (non-hydrogen) atoms. The molecular formula is C23H28N4O. The summed E-state index contributed by atoms with van der Waals surface area (Å²) in [5.41, 5.74) is 3.90. The first-order chi connectivity index (χ1) is 13.8. The molecule has 2 aromatic carbocycles. The van der Waals surface area contributed by atoms with E-state index in [-0.39, 0.29) is 5.91 Å². The summed E-state index contributed by atoms with van der Waals surface area (Å²) in [6.45, 7) is 4.56. The van der Waals surface area contributed by atoms with Crippen molar-refractivity contribution in [1.29, 1.82) is 0 Å². The Bertz CT molecular complexity index is 939. The molecule has 1 fully saturated rings. The third-order valence-corrected chi connectivity index (χ3v) is 5.59.